The largest absolute Gasteiger partial charge is 0.392 e. The van der Waals surface area contributed by atoms with Gasteiger partial charge in [0, 0.05) is 43.1 Å². The third-order valence-corrected chi connectivity index (χ3v) is 3.99. The lowest BCUT2D eigenvalue weighted by atomic mass is 10.1. The number of benzene rings is 1. The van der Waals surface area contributed by atoms with Gasteiger partial charge in [0.25, 0.3) is 0 Å². The van der Waals surface area contributed by atoms with Crippen LogP contribution < -0.4 is 5.32 Å². The minimum atomic E-state index is 0.0339. The molecule has 6 heteroatoms. The number of pyridine rings is 1. The van der Waals surface area contributed by atoms with Crippen molar-refractivity contribution >= 4 is 11.5 Å². The zero-order valence-electron chi connectivity index (χ0n) is 13.5. The van der Waals surface area contributed by atoms with Gasteiger partial charge in [0.05, 0.1) is 12.3 Å². The number of aliphatic hydroxyl groups excluding tert-OH is 1. The van der Waals surface area contributed by atoms with E-state index in [-0.39, 0.29) is 6.61 Å². The van der Waals surface area contributed by atoms with Crippen LogP contribution in [0.2, 0.25) is 0 Å². The summed E-state index contributed by atoms with van der Waals surface area (Å²) in [6.07, 6.45) is 9.19. The molecular formula is C19H17N5O. The first kappa shape index (κ1) is 15.3. The van der Waals surface area contributed by atoms with Gasteiger partial charge in [-0.2, -0.15) is 0 Å². The third kappa shape index (κ3) is 3.20. The number of nitrogens with zero attached hydrogens (tertiary/aromatic N) is 4. The van der Waals surface area contributed by atoms with Crippen molar-refractivity contribution in [2.45, 2.75) is 13.2 Å². The summed E-state index contributed by atoms with van der Waals surface area (Å²) in [5, 5.41) is 12.5. The van der Waals surface area contributed by atoms with Crippen molar-refractivity contribution in [1.29, 1.82) is 0 Å². The van der Waals surface area contributed by atoms with Crippen molar-refractivity contribution in [3.05, 3.63) is 78.5 Å². The minimum absolute atomic E-state index is 0.0339. The Kier molecular flexibility index (Phi) is 4.10. The molecule has 0 atom stereocenters. The Bertz CT molecular complexity index is 980. The van der Waals surface area contributed by atoms with Crippen LogP contribution in [0.5, 0.6) is 0 Å². The van der Waals surface area contributed by atoms with E-state index in [4.69, 9.17) is 4.98 Å². The second-order valence-electron chi connectivity index (χ2n) is 5.70. The number of hydrogen-bond acceptors (Lipinski definition) is 5. The fourth-order valence-corrected chi connectivity index (χ4v) is 2.66. The Morgan fingerprint density at radius 2 is 1.92 bits per heavy atom. The molecule has 0 saturated carbocycles. The van der Waals surface area contributed by atoms with Gasteiger partial charge in [-0.3, -0.25) is 4.98 Å². The van der Waals surface area contributed by atoms with Gasteiger partial charge in [-0.05, 0) is 17.2 Å². The van der Waals surface area contributed by atoms with Crippen molar-refractivity contribution in [2.75, 3.05) is 5.32 Å². The Hall–Kier alpha value is -3.25. The predicted molar refractivity (Wildman–Crippen MR) is 95.9 cm³/mol. The lowest BCUT2D eigenvalue weighted by Crippen LogP contribution is -2.05. The highest BCUT2D eigenvalue weighted by Crippen LogP contribution is 2.22. The van der Waals surface area contributed by atoms with Crippen LogP contribution in [0.4, 0.5) is 5.82 Å². The number of rotatable bonds is 5. The third-order valence-electron chi connectivity index (χ3n) is 3.99. The van der Waals surface area contributed by atoms with E-state index in [0.29, 0.717) is 6.54 Å². The maximum absolute atomic E-state index is 9.19. The molecule has 6 nitrogen and oxygen atoms in total. The first-order chi connectivity index (χ1) is 12.3. The van der Waals surface area contributed by atoms with Crippen LogP contribution in [-0.2, 0) is 13.2 Å². The number of anilines is 1. The molecule has 0 amide bonds. The molecule has 0 fully saturated rings. The molecule has 0 saturated heterocycles. The molecule has 25 heavy (non-hydrogen) atoms. The molecular weight excluding hydrogens is 314 g/mol. The SMILES string of the molecule is OCc1ccc(-c2cn3ccnc3c(NCc3cccnc3)n2)cc1. The number of nitrogens with one attached hydrogen (secondary N) is 1. The van der Waals surface area contributed by atoms with Gasteiger partial charge in [0.2, 0.25) is 0 Å². The highest BCUT2D eigenvalue weighted by atomic mass is 16.3. The van der Waals surface area contributed by atoms with Gasteiger partial charge in [0.1, 0.15) is 0 Å². The molecule has 0 radical (unpaired) electrons. The molecule has 0 aliphatic carbocycles. The van der Waals surface area contributed by atoms with E-state index in [0.717, 1.165) is 33.8 Å². The molecule has 2 N–H and O–H groups in total. The van der Waals surface area contributed by atoms with Crippen LogP contribution in [0.3, 0.4) is 0 Å². The summed E-state index contributed by atoms with van der Waals surface area (Å²) in [4.78, 5) is 13.2. The predicted octanol–water partition coefficient (Wildman–Crippen LogP) is 2.90. The van der Waals surface area contributed by atoms with Crippen LogP contribution in [-0.4, -0.2) is 24.5 Å². The van der Waals surface area contributed by atoms with E-state index in [2.05, 4.69) is 15.3 Å². The molecule has 3 aromatic heterocycles. The number of imidazole rings is 1. The van der Waals surface area contributed by atoms with Gasteiger partial charge in [-0.1, -0.05) is 30.3 Å². The molecule has 0 aliphatic heterocycles. The second-order valence-corrected chi connectivity index (χ2v) is 5.70. The normalized spacial score (nSPS) is 10.9. The summed E-state index contributed by atoms with van der Waals surface area (Å²) >= 11 is 0. The van der Waals surface area contributed by atoms with Crippen molar-refractivity contribution in [1.82, 2.24) is 19.4 Å². The molecule has 124 valence electrons. The molecule has 0 aliphatic rings. The van der Waals surface area contributed by atoms with Crippen molar-refractivity contribution in [3.63, 3.8) is 0 Å². The molecule has 3 heterocycles. The van der Waals surface area contributed by atoms with Crippen LogP contribution in [0.25, 0.3) is 16.9 Å². The molecule has 4 aromatic rings. The zero-order chi connectivity index (χ0) is 17.1. The van der Waals surface area contributed by atoms with E-state index in [1.165, 1.54) is 0 Å². The van der Waals surface area contributed by atoms with Crippen molar-refractivity contribution in [2.24, 2.45) is 0 Å². The van der Waals surface area contributed by atoms with E-state index in [9.17, 15) is 5.11 Å². The van der Waals surface area contributed by atoms with Gasteiger partial charge in [0.15, 0.2) is 11.5 Å². The lowest BCUT2D eigenvalue weighted by Gasteiger charge is -2.10. The maximum atomic E-state index is 9.19. The lowest BCUT2D eigenvalue weighted by molar-refractivity contribution is 0.282. The first-order valence-corrected chi connectivity index (χ1v) is 8.00. The van der Waals surface area contributed by atoms with Gasteiger partial charge in [-0.15, -0.1) is 0 Å². The number of aliphatic hydroxyl groups is 1. The summed E-state index contributed by atoms with van der Waals surface area (Å²) < 4.78 is 1.95. The van der Waals surface area contributed by atoms with Gasteiger partial charge >= 0.3 is 0 Å². The van der Waals surface area contributed by atoms with E-state index in [1.54, 1.807) is 12.4 Å². The summed E-state index contributed by atoms with van der Waals surface area (Å²) in [6, 6.07) is 11.6. The van der Waals surface area contributed by atoms with Gasteiger partial charge < -0.3 is 14.8 Å². The summed E-state index contributed by atoms with van der Waals surface area (Å²) in [5.41, 5.74) is 4.55. The van der Waals surface area contributed by atoms with Crippen LogP contribution in [0.15, 0.2) is 67.4 Å². The maximum Gasteiger partial charge on any atom is 0.180 e. The Morgan fingerprint density at radius 3 is 2.68 bits per heavy atom. The minimum Gasteiger partial charge on any atom is -0.392 e. The zero-order valence-corrected chi connectivity index (χ0v) is 13.5. The van der Waals surface area contributed by atoms with E-state index in [1.807, 2.05) is 59.4 Å². The van der Waals surface area contributed by atoms with Crippen molar-refractivity contribution in [3.8, 4) is 11.3 Å². The fraction of sp³-hybridized carbons (Fsp3) is 0.105. The average molecular weight is 331 g/mol. The summed E-state index contributed by atoms with van der Waals surface area (Å²) in [7, 11) is 0. The molecule has 0 spiro atoms. The molecule has 4 rings (SSSR count). The van der Waals surface area contributed by atoms with Crippen LogP contribution in [0, 0.1) is 0 Å². The Balaban J connectivity index is 1.69. The number of fused-ring (bicyclic) bond motifs is 1. The van der Waals surface area contributed by atoms with E-state index < -0.39 is 0 Å². The molecule has 1 aromatic carbocycles. The van der Waals surface area contributed by atoms with Gasteiger partial charge in [-0.25, -0.2) is 9.97 Å². The monoisotopic (exact) mass is 331 g/mol. The number of hydrogen-bond donors (Lipinski definition) is 2. The first-order valence-electron chi connectivity index (χ1n) is 8.00. The second kappa shape index (κ2) is 6.70. The summed E-state index contributed by atoms with van der Waals surface area (Å²) in [5.74, 6) is 0.720. The molecule has 0 unspecified atom stereocenters. The summed E-state index contributed by atoms with van der Waals surface area (Å²) in [6.45, 7) is 0.655. The standard InChI is InChI=1S/C19H17N5O/c25-13-14-3-5-16(6-4-14)17-12-24-9-8-21-19(24)18(23-17)22-11-15-2-1-7-20-10-15/h1-10,12,25H,11,13H2,(H,22,23). The highest BCUT2D eigenvalue weighted by molar-refractivity contribution is 5.69. The highest BCUT2D eigenvalue weighted by Gasteiger charge is 2.09. The quantitative estimate of drug-likeness (QED) is 0.588. The Morgan fingerprint density at radius 1 is 1.04 bits per heavy atom. The van der Waals surface area contributed by atoms with Crippen molar-refractivity contribution < 1.29 is 5.11 Å². The average Bonchev–Trinajstić information content (AvgIpc) is 3.16. The smallest absolute Gasteiger partial charge is 0.180 e. The van der Waals surface area contributed by atoms with Crippen LogP contribution >= 0.6 is 0 Å². The number of aromatic nitrogens is 4. The Labute approximate surface area is 144 Å². The fourth-order valence-electron chi connectivity index (χ4n) is 2.66. The van der Waals surface area contributed by atoms with E-state index >= 15 is 0 Å². The van der Waals surface area contributed by atoms with Crippen LogP contribution in [0.1, 0.15) is 11.1 Å². The topological polar surface area (TPSA) is 75.3 Å². The molecule has 0 bridgehead atoms.